The van der Waals surface area contributed by atoms with Gasteiger partial charge in [0.25, 0.3) is 52.3 Å². The van der Waals surface area contributed by atoms with Gasteiger partial charge < -0.3 is 20.8 Å². The highest BCUT2D eigenvalue weighted by Gasteiger charge is 2.23. The molecule has 322 valence electrons. The number of hydrogen-bond donors (Lipinski definition) is 8. The van der Waals surface area contributed by atoms with Gasteiger partial charge in [-0.2, -0.15) is 43.9 Å². The normalized spacial score (nSPS) is 12.3. The Morgan fingerprint density at radius 1 is 0.419 bits per heavy atom. The SMILES string of the molecule is O=C(Nc1ccc(N=Nc2cc(S(=O)(=O)O)ccc2S(=O)(=O)O)cc1C(=O)O)c1ccc(C(=O)Nc2ccc(N=Nc3cc(S(=O)(=O)O)ccc3S(=O)(=O)O)cc2C(=O)O)cc1. The van der Waals surface area contributed by atoms with E-state index in [2.05, 4.69) is 31.1 Å². The van der Waals surface area contributed by atoms with Crippen molar-refractivity contribution in [3.05, 3.63) is 119 Å². The second kappa shape index (κ2) is 17.4. The molecule has 0 fully saturated rings. The molecule has 0 unspecified atom stereocenters. The number of aromatic carboxylic acids is 2. The van der Waals surface area contributed by atoms with Gasteiger partial charge in [0.1, 0.15) is 21.2 Å². The Bertz CT molecular complexity index is 3010. The number of nitrogens with one attached hydrogen (secondary N) is 2. The van der Waals surface area contributed by atoms with Crippen LogP contribution in [0.2, 0.25) is 0 Å². The molecule has 0 aliphatic rings. The fraction of sp³-hybridized carbons (Fsp3) is 0. The zero-order valence-corrected chi connectivity index (χ0v) is 33.5. The van der Waals surface area contributed by atoms with Crippen LogP contribution in [0, 0.1) is 0 Å². The standard InChI is InChI=1S/C34H24N6O18S4/c41-31(35-25-9-5-19(13-23(25)33(43)44)37-39-27-15-21(59(47,48)49)7-11-29(27)61(53,54)55)17-1-2-18(4-3-17)32(42)36-26-10-6-20(14-24(26)34(45)46)38-40-28-16-22(60(50,51)52)8-12-30(28)62(56,57)58/h1-16H,(H,35,41)(H,36,42)(H,43,44)(H,45,46)(H,47,48,49)(H,50,51,52)(H,53,54,55)(H,56,57,58). The lowest BCUT2D eigenvalue weighted by Gasteiger charge is -2.11. The first-order valence-corrected chi connectivity index (χ1v) is 22.0. The van der Waals surface area contributed by atoms with Gasteiger partial charge in [0.15, 0.2) is 0 Å². The van der Waals surface area contributed by atoms with E-state index < -0.39 is 106 Å². The molecule has 0 heterocycles. The third-order valence-corrected chi connectivity index (χ3v) is 11.4. The minimum Gasteiger partial charge on any atom is -0.478 e. The van der Waals surface area contributed by atoms with E-state index in [0.29, 0.717) is 36.4 Å². The number of hydrogen-bond acceptors (Lipinski definition) is 16. The highest BCUT2D eigenvalue weighted by atomic mass is 32.2. The summed E-state index contributed by atoms with van der Waals surface area (Å²) in [6.45, 7) is 0. The molecular weight excluding hydrogens is 909 g/mol. The van der Waals surface area contributed by atoms with Crippen molar-refractivity contribution in [1.82, 2.24) is 0 Å². The predicted molar refractivity (Wildman–Crippen MR) is 210 cm³/mol. The minimum absolute atomic E-state index is 0.0988. The number of carbonyl (C=O) groups excluding carboxylic acids is 2. The van der Waals surface area contributed by atoms with Gasteiger partial charge >= 0.3 is 11.9 Å². The maximum Gasteiger partial charge on any atom is 0.337 e. The highest BCUT2D eigenvalue weighted by Crippen LogP contribution is 2.32. The van der Waals surface area contributed by atoms with Gasteiger partial charge in [0.05, 0.1) is 43.7 Å². The third kappa shape index (κ3) is 11.1. The summed E-state index contributed by atoms with van der Waals surface area (Å²) >= 11 is 0. The Morgan fingerprint density at radius 3 is 1.05 bits per heavy atom. The predicted octanol–water partition coefficient (Wildman–Crippen LogP) is 5.41. The second-order valence-electron chi connectivity index (χ2n) is 12.1. The van der Waals surface area contributed by atoms with Gasteiger partial charge in [0.2, 0.25) is 0 Å². The van der Waals surface area contributed by atoms with Crippen molar-refractivity contribution in [2.24, 2.45) is 20.5 Å². The molecular formula is C34H24N6O18S4. The zero-order chi connectivity index (χ0) is 45.9. The number of anilines is 2. The van der Waals surface area contributed by atoms with Gasteiger partial charge in [-0.05, 0) is 97.1 Å². The van der Waals surface area contributed by atoms with Crippen LogP contribution in [0.3, 0.4) is 0 Å². The molecule has 0 spiro atoms. The van der Waals surface area contributed by atoms with Gasteiger partial charge in [-0.25, -0.2) is 9.59 Å². The molecule has 5 aromatic rings. The molecule has 2 amide bonds. The van der Waals surface area contributed by atoms with Crippen LogP contribution in [-0.2, 0) is 40.5 Å². The maximum absolute atomic E-state index is 13.1. The smallest absolute Gasteiger partial charge is 0.337 e. The largest absolute Gasteiger partial charge is 0.478 e. The van der Waals surface area contributed by atoms with Crippen molar-refractivity contribution in [1.29, 1.82) is 0 Å². The number of benzene rings is 5. The Morgan fingerprint density at radius 2 is 0.758 bits per heavy atom. The molecule has 28 heteroatoms. The molecule has 0 bridgehead atoms. The molecule has 0 aliphatic carbocycles. The van der Waals surface area contributed by atoms with Crippen molar-refractivity contribution in [2.45, 2.75) is 19.6 Å². The summed E-state index contributed by atoms with van der Waals surface area (Å²) in [5, 5.41) is 38.8. The number of carbonyl (C=O) groups is 4. The van der Waals surface area contributed by atoms with E-state index in [0.717, 1.165) is 36.4 Å². The van der Waals surface area contributed by atoms with Gasteiger partial charge in [0, 0.05) is 11.1 Å². The fourth-order valence-electron chi connectivity index (χ4n) is 5.05. The number of rotatable bonds is 14. The molecule has 24 nitrogen and oxygen atoms in total. The number of amides is 2. The highest BCUT2D eigenvalue weighted by molar-refractivity contribution is 7.87. The Labute approximate surface area is 348 Å². The van der Waals surface area contributed by atoms with Gasteiger partial charge in [-0.3, -0.25) is 27.8 Å². The number of carboxylic acid groups (broad SMARTS) is 2. The average molecular weight is 933 g/mol. The number of nitrogens with zero attached hydrogens (tertiary/aromatic N) is 4. The van der Waals surface area contributed by atoms with Crippen LogP contribution in [0.5, 0.6) is 0 Å². The van der Waals surface area contributed by atoms with Crippen LogP contribution in [0.4, 0.5) is 34.1 Å². The minimum atomic E-state index is -4.97. The number of azo groups is 2. The fourth-order valence-corrected chi connectivity index (χ4v) is 7.26. The quantitative estimate of drug-likeness (QED) is 0.0510. The van der Waals surface area contributed by atoms with Crippen LogP contribution in [0.15, 0.2) is 137 Å². The molecule has 5 rings (SSSR count). The monoisotopic (exact) mass is 932 g/mol. The lowest BCUT2D eigenvalue weighted by molar-refractivity contribution is 0.0687. The van der Waals surface area contributed by atoms with E-state index in [1.54, 1.807) is 0 Å². The summed E-state index contributed by atoms with van der Waals surface area (Å²) < 4.78 is 131. The van der Waals surface area contributed by atoms with Crippen LogP contribution in [0.25, 0.3) is 0 Å². The Balaban J connectivity index is 1.32. The zero-order valence-electron chi connectivity index (χ0n) is 30.2. The second-order valence-corrected chi connectivity index (χ2v) is 17.7. The topological polar surface area (TPSA) is 400 Å². The molecule has 62 heavy (non-hydrogen) atoms. The van der Waals surface area contributed by atoms with E-state index in [-0.39, 0.29) is 33.9 Å². The van der Waals surface area contributed by atoms with Crippen LogP contribution < -0.4 is 10.6 Å². The van der Waals surface area contributed by atoms with Gasteiger partial charge in [-0.1, -0.05) is 0 Å². The molecule has 0 aromatic heterocycles. The van der Waals surface area contributed by atoms with Crippen molar-refractivity contribution in [3.8, 4) is 0 Å². The lowest BCUT2D eigenvalue weighted by atomic mass is 10.1. The Kier molecular flexibility index (Phi) is 12.9. The van der Waals surface area contributed by atoms with E-state index in [4.69, 9.17) is 0 Å². The molecule has 0 saturated heterocycles. The first kappa shape index (κ1) is 45.9. The summed E-state index contributed by atoms with van der Waals surface area (Å²) in [5.74, 6) is -4.91. The van der Waals surface area contributed by atoms with Crippen molar-refractivity contribution in [2.75, 3.05) is 10.6 Å². The number of carboxylic acids is 2. The molecule has 0 radical (unpaired) electrons. The molecule has 0 aliphatic heterocycles. The summed E-state index contributed by atoms with van der Waals surface area (Å²) in [7, 11) is -19.6. The third-order valence-electron chi connectivity index (χ3n) is 7.93. The van der Waals surface area contributed by atoms with Crippen molar-refractivity contribution < 1.29 is 81.3 Å². The van der Waals surface area contributed by atoms with E-state index in [1.165, 1.54) is 24.3 Å². The summed E-state index contributed by atoms with van der Waals surface area (Å²) in [6, 6.07) is 14.7. The first-order valence-electron chi connectivity index (χ1n) is 16.2. The maximum atomic E-state index is 13.1. The van der Waals surface area contributed by atoms with E-state index in [9.17, 15) is 81.3 Å². The van der Waals surface area contributed by atoms with Crippen molar-refractivity contribution in [3.63, 3.8) is 0 Å². The summed E-state index contributed by atoms with van der Waals surface area (Å²) in [6.07, 6.45) is 0. The summed E-state index contributed by atoms with van der Waals surface area (Å²) in [4.78, 5) is 46.9. The lowest BCUT2D eigenvalue weighted by Crippen LogP contribution is -2.16. The van der Waals surface area contributed by atoms with Crippen LogP contribution in [0.1, 0.15) is 41.4 Å². The van der Waals surface area contributed by atoms with E-state index in [1.807, 2.05) is 0 Å². The molecule has 0 atom stereocenters. The molecule has 8 N–H and O–H groups in total. The van der Waals surface area contributed by atoms with Gasteiger partial charge in [-0.15, -0.1) is 10.2 Å². The molecule has 5 aromatic carbocycles. The average Bonchev–Trinajstić information content (AvgIpc) is 3.18. The first-order chi connectivity index (χ1) is 28.7. The van der Waals surface area contributed by atoms with Crippen LogP contribution in [-0.4, -0.2) is 85.8 Å². The van der Waals surface area contributed by atoms with Crippen molar-refractivity contribution >= 4 is 98.3 Å². The Hall–Kier alpha value is -7.18. The van der Waals surface area contributed by atoms with E-state index >= 15 is 0 Å². The molecule has 0 saturated carbocycles. The van der Waals surface area contributed by atoms with Crippen LogP contribution >= 0.6 is 0 Å². The summed E-state index contributed by atoms with van der Waals surface area (Å²) in [5.41, 5.74) is -3.82.